The van der Waals surface area contributed by atoms with Crippen LogP contribution in [0.5, 0.6) is 0 Å². The lowest BCUT2D eigenvalue weighted by atomic mass is 10.1. The van der Waals surface area contributed by atoms with Crippen LogP contribution in [0.3, 0.4) is 0 Å². The summed E-state index contributed by atoms with van der Waals surface area (Å²) < 4.78 is 1.17. The van der Waals surface area contributed by atoms with Crippen LogP contribution in [0.25, 0.3) is 0 Å². The van der Waals surface area contributed by atoms with Gasteiger partial charge in [0, 0.05) is 15.7 Å². The summed E-state index contributed by atoms with van der Waals surface area (Å²) in [5.74, 6) is 0.140. The molecule has 0 saturated carbocycles. The molecule has 0 unspecified atom stereocenters. The quantitative estimate of drug-likeness (QED) is 0.730. The number of hydrogen-bond acceptors (Lipinski definition) is 1. The van der Waals surface area contributed by atoms with Crippen molar-refractivity contribution in [3.05, 3.63) is 27.3 Å². The number of anilines is 1. The number of benzene rings is 1. The highest BCUT2D eigenvalue weighted by molar-refractivity contribution is 14.1. The number of rotatable bonds is 0. The molecule has 1 amide bonds. The Labute approximate surface area is 90.9 Å². The smallest absolute Gasteiger partial charge is 0.224 e. The fraction of sp³-hybridized carbons (Fsp3) is 0.300. The summed E-state index contributed by atoms with van der Waals surface area (Å²) >= 11 is 2.25. The normalized spacial score (nSPS) is 15.9. The number of fused-ring (bicyclic) bond motifs is 1. The Morgan fingerprint density at radius 1 is 1.31 bits per heavy atom. The van der Waals surface area contributed by atoms with E-state index in [0.717, 1.165) is 18.5 Å². The van der Waals surface area contributed by atoms with Gasteiger partial charge >= 0.3 is 0 Å². The van der Waals surface area contributed by atoms with Gasteiger partial charge in [0.15, 0.2) is 0 Å². The molecule has 1 aliphatic heterocycles. The predicted molar refractivity (Wildman–Crippen MR) is 60.7 cm³/mol. The molecule has 13 heavy (non-hydrogen) atoms. The molecule has 0 saturated heterocycles. The predicted octanol–water partition coefficient (Wildman–Crippen LogP) is 2.57. The standard InChI is InChI=1S/C10H10INO/c11-8-5-4-7-2-1-3-10(13)12-9(7)6-8/h4-6H,1-3H2,(H,12,13). The van der Waals surface area contributed by atoms with Crippen molar-refractivity contribution in [1.29, 1.82) is 0 Å². The molecular weight excluding hydrogens is 277 g/mol. The van der Waals surface area contributed by atoms with E-state index in [1.165, 1.54) is 9.13 Å². The molecule has 0 atom stereocenters. The molecular formula is C10H10INO. The van der Waals surface area contributed by atoms with Crippen LogP contribution >= 0.6 is 22.6 Å². The van der Waals surface area contributed by atoms with Gasteiger partial charge in [-0.15, -0.1) is 0 Å². The first-order chi connectivity index (χ1) is 6.25. The fourth-order valence-corrected chi connectivity index (χ4v) is 2.03. The summed E-state index contributed by atoms with van der Waals surface area (Å²) in [5, 5.41) is 2.92. The van der Waals surface area contributed by atoms with Crippen LogP contribution in [0.4, 0.5) is 5.69 Å². The zero-order valence-electron chi connectivity index (χ0n) is 7.14. The van der Waals surface area contributed by atoms with E-state index in [4.69, 9.17) is 0 Å². The van der Waals surface area contributed by atoms with Gasteiger partial charge in [0.1, 0.15) is 0 Å². The summed E-state index contributed by atoms with van der Waals surface area (Å²) in [6.45, 7) is 0. The number of aryl methyl sites for hydroxylation is 1. The number of hydrogen-bond donors (Lipinski definition) is 1. The molecule has 1 aromatic rings. The molecule has 0 fully saturated rings. The van der Waals surface area contributed by atoms with Crippen molar-refractivity contribution in [3.63, 3.8) is 0 Å². The van der Waals surface area contributed by atoms with Crippen molar-refractivity contribution in [2.24, 2.45) is 0 Å². The Hall–Kier alpha value is -0.580. The van der Waals surface area contributed by atoms with Crippen LogP contribution in [0.15, 0.2) is 18.2 Å². The van der Waals surface area contributed by atoms with Crippen molar-refractivity contribution in [2.75, 3.05) is 5.32 Å². The Kier molecular flexibility index (Phi) is 2.53. The number of carbonyl (C=O) groups is 1. The number of amides is 1. The minimum absolute atomic E-state index is 0.140. The topological polar surface area (TPSA) is 29.1 Å². The second-order valence-corrected chi connectivity index (χ2v) is 4.45. The van der Waals surface area contributed by atoms with Crippen LogP contribution in [0.1, 0.15) is 18.4 Å². The first-order valence-corrected chi connectivity index (χ1v) is 5.42. The molecule has 1 aliphatic rings. The zero-order chi connectivity index (χ0) is 9.26. The summed E-state index contributed by atoms with van der Waals surface area (Å²) in [5.41, 5.74) is 2.25. The van der Waals surface area contributed by atoms with Crippen LogP contribution in [-0.4, -0.2) is 5.91 Å². The molecule has 1 N–H and O–H groups in total. The third-order valence-corrected chi connectivity index (χ3v) is 2.87. The lowest BCUT2D eigenvalue weighted by Gasteiger charge is -2.05. The summed E-state index contributed by atoms with van der Waals surface area (Å²) in [6, 6.07) is 6.21. The van der Waals surface area contributed by atoms with Gasteiger partial charge in [-0.3, -0.25) is 4.79 Å². The molecule has 2 nitrogen and oxygen atoms in total. The lowest BCUT2D eigenvalue weighted by Crippen LogP contribution is -2.09. The van der Waals surface area contributed by atoms with E-state index in [-0.39, 0.29) is 5.91 Å². The minimum atomic E-state index is 0.140. The van der Waals surface area contributed by atoms with Gasteiger partial charge < -0.3 is 5.32 Å². The maximum Gasteiger partial charge on any atom is 0.224 e. The zero-order valence-corrected chi connectivity index (χ0v) is 9.30. The molecule has 0 aliphatic carbocycles. The second-order valence-electron chi connectivity index (χ2n) is 3.20. The van der Waals surface area contributed by atoms with E-state index in [1.807, 2.05) is 6.07 Å². The van der Waals surface area contributed by atoms with Crippen LogP contribution in [-0.2, 0) is 11.2 Å². The summed E-state index contributed by atoms with van der Waals surface area (Å²) in [7, 11) is 0. The lowest BCUT2D eigenvalue weighted by molar-refractivity contribution is -0.116. The van der Waals surface area contributed by atoms with Gasteiger partial charge in [-0.25, -0.2) is 0 Å². The maximum atomic E-state index is 11.2. The van der Waals surface area contributed by atoms with E-state index in [9.17, 15) is 4.79 Å². The van der Waals surface area contributed by atoms with Crippen molar-refractivity contribution < 1.29 is 4.79 Å². The van der Waals surface area contributed by atoms with E-state index in [0.29, 0.717) is 6.42 Å². The Balaban J connectivity index is 2.40. The van der Waals surface area contributed by atoms with Crippen molar-refractivity contribution >= 4 is 34.2 Å². The van der Waals surface area contributed by atoms with Crippen molar-refractivity contribution in [1.82, 2.24) is 0 Å². The monoisotopic (exact) mass is 287 g/mol. The molecule has 0 radical (unpaired) electrons. The molecule has 68 valence electrons. The largest absolute Gasteiger partial charge is 0.326 e. The molecule has 1 aromatic carbocycles. The molecule has 0 aromatic heterocycles. The van der Waals surface area contributed by atoms with Gasteiger partial charge in [-0.2, -0.15) is 0 Å². The molecule has 0 spiro atoms. The fourth-order valence-electron chi connectivity index (χ4n) is 1.54. The highest BCUT2D eigenvalue weighted by Crippen LogP contribution is 2.23. The van der Waals surface area contributed by atoms with Crippen molar-refractivity contribution in [2.45, 2.75) is 19.3 Å². The molecule has 2 rings (SSSR count). The third-order valence-electron chi connectivity index (χ3n) is 2.20. The number of halogens is 1. The number of nitrogens with one attached hydrogen (secondary N) is 1. The minimum Gasteiger partial charge on any atom is -0.326 e. The third kappa shape index (κ3) is 2.02. The summed E-state index contributed by atoms with van der Waals surface area (Å²) in [4.78, 5) is 11.2. The second kappa shape index (κ2) is 3.65. The number of carbonyl (C=O) groups excluding carboxylic acids is 1. The maximum absolute atomic E-state index is 11.2. The first kappa shape index (κ1) is 8.99. The first-order valence-electron chi connectivity index (χ1n) is 4.34. The Morgan fingerprint density at radius 2 is 2.15 bits per heavy atom. The highest BCUT2D eigenvalue weighted by Gasteiger charge is 2.11. The van der Waals surface area contributed by atoms with Crippen molar-refractivity contribution in [3.8, 4) is 0 Å². The van der Waals surface area contributed by atoms with E-state index in [1.54, 1.807) is 0 Å². The van der Waals surface area contributed by atoms with Gasteiger partial charge in [-0.05, 0) is 53.1 Å². The van der Waals surface area contributed by atoms with Gasteiger partial charge in [0.2, 0.25) is 5.91 Å². The van der Waals surface area contributed by atoms with E-state index < -0.39 is 0 Å². The molecule has 0 bridgehead atoms. The molecule has 1 heterocycles. The van der Waals surface area contributed by atoms with Crippen LogP contribution in [0.2, 0.25) is 0 Å². The van der Waals surface area contributed by atoms with Crippen LogP contribution in [0, 0.1) is 3.57 Å². The average Bonchev–Trinajstić information content (AvgIpc) is 2.25. The van der Waals surface area contributed by atoms with Gasteiger partial charge in [0.25, 0.3) is 0 Å². The SMILES string of the molecule is O=C1CCCc2ccc(I)cc2N1. The average molecular weight is 287 g/mol. The Morgan fingerprint density at radius 3 is 3.00 bits per heavy atom. The molecule has 3 heteroatoms. The van der Waals surface area contributed by atoms with Gasteiger partial charge in [0.05, 0.1) is 0 Å². The highest BCUT2D eigenvalue weighted by atomic mass is 127. The van der Waals surface area contributed by atoms with E-state index in [2.05, 4.69) is 40.0 Å². The van der Waals surface area contributed by atoms with Crippen LogP contribution < -0.4 is 5.32 Å². The van der Waals surface area contributed by atoms with E-state index >= 15 is 0 Å². The van der Waals surface area contributed by atoms with Gasteiger partial charge in [-0.1, -0.05) is 6.07 Å². The summed E-state index contributed by atoms with van der Waals surface area (Å²) in [6.07, 6.45) is 2.61. The Bertz CT molecular complexity index is 349.